The van der Waals surface area contributed by atoms with Crippen LogP contribution in [0.15, 0.2) is 115 Å². The van der Waals surface area contributed by atoms with Gasteiger partial charge in [-0.15, -0.1) is 0 Å². The lowest BCUT2D eigenvalue weighted by molar-refractivity contribution is 0.590. The van der Waals surface area contributed by atoms with Crippen molar-refractivity contribution in [2.75, 3.05) is 0 Å². The van der Waals surface area contributed by atoms with Crippen molar-refractivity contribution in [3.8, 4) is 33.8 Å². The summed E-state index contributed by atoms with van der Waals surface area (Å²) < 4.78 is 2.36. The van der Waals surface area contributed by atoms with Crippen LogP contribution in [0.1, 0.15) is 84.6 Å². The lowest BCUT2D eigenvalue weighted by Gasteiger charge is -2.23. The number of nitrogens with zero attached hydrogens (tertiary/aromatic N) is 3. The summed E-state index contributed by atoms with van der Waals surface area (Å²) >= 11 is 0. The van der Waals surface area contributed by atoms with Crippen LogP contribution < -0.4 is 0 Å². The molecule has 9 rings (SSSR count). The van der Waals surface area contributed by atoms with E-state index in [1.807, 2.05) is 0 Å². The number of rotatable bonds is 3. The summed E-state index contributed by atoms with van der Waals surface area (Å²) in [5, 5.41) is 8.75. The summed E-state index contributed by atoms with van der Waals surface area (Å²) in [7, 11) is 0. The fourth-order valence-electron chi connectivity index (χ4n) is 8.21. The summed E-state index contributed by atoms with van der Waals surface area (Å²) in [6, 6.07) is 40.5. The SMILES string of the molecule is Cc1cn2c3nc(-c4cc(C(C)(C)C)cc(-c5cccc(-c6ccccc6)c5)n4)cc4c5ccc(C(C)(C)C)cc5cc(c5cc(C(C)(C)C)cc1c52)c43. The van der Waals surface area contributed by atoms with Crippen LogP contribution in [-0.4, -0.2) is 14.4 Å². The van der Waals surface area contributed by atoms with Crippen LogP contribution in [0.5, 0.6) is 0 Å². The molecule has 4 heterocycles. The van der Waals surface area contributed by atoms with Crippen molar-refractivity contribution >= 4 is 48.9 Å². The minimum Gasteiger partial charge on any atom is -0.300 e. The number of pyridine rings is 3. The molecule has 0 aliphatic rings. The predicted octanol–water partition coefficient (Wildman–Crippen LogP) is 14.0. The Hall–Kier alpha value is -5.54. The third-order valence-electron chi connectivity index (χ3n) is 11.5. The van der Waals surface area contributed by atoms with Gasteiger partial charge in [-0.2, -0.15) is 0 Å². The maximum Gasteiger partial charge on any atom is 0.146 e. The summed E-state index contributed by atoms with van der Waals surface area (Å²) in [5.74, 6) is 0. The standard InChI is InChI=1S/C51H49N3/c1-30-29-54-47-39(30)24-36(50(5,6)7)25-42(47)40-23-34-22-35(49(2,3)4)19-20-38(34)41-28-45(53-48(54)46(40)41)44-27-37(51(8,9)10)26-43(52-44)33-18-14-17-32(21-33)31-15-12-11-13-16-31/h11-29H,1-10H3. The van der Waals surface area contributed by atoms with E-state index >= 15 is 0 Å². The van der Waals surface area contributed by atoms with Crippen molar-refractivity contribution in [3.63, 3.8) is 0 Å². The van der Waals surface area contributed by atoms with Crippen molar-refractivity contribution in [1.29, 1.82) is 0 Å². The number of hydrogen-bond acceptors (Lipinski definition) is 2. The minimum absolute atomic E-state index is 0.0129. The van der Waals surface area contributed by atoms with Gasteiger partial charge in [-0.05, 0) is 121 Å². The molecule has 5 aromatic carbocycles. The molecule has 3 heteroatoms. The molecule has 268 valence electrons. The zero-order chi connectivity index (χ0) is 37.9. The first-order chi connectivity index (χ1) is 25.5. The van der Waals surface area contributed by atoms with Gasteiger partial charge in [0.2, 0.25) is 0 Å². The van der Waals surface area contributed by atoms with Gasteiger partial charge >= 0.3 is 0 Å². The van der Waals surface area contributed by atoms with Crippen LogP contribution in [-0.2, 0) is 16.2 Å². The lowest BCUT2D eigenvalue weighted by atomic mass is 9.83. The van der Waals surface area contributed by atoms with Crippen LogP contribution >= 0.6 is 0 Å². The monoisotopic (exact) mass is 703 g/mol. The van der Waals surface area contributed by atoms with Crippen LogP contribution in [0.3, 0.4) is 0 Å². The van der Waals surface area contributed by atoms with E-state index < -0.39 is 0 Å². The second-order valence-electron chi connectivity index (χ2n) is 18.5. The van der Waals surface area contributed by atoms with Crippen LogP contribution in [0.25, 0.3) is 82.6 Å². The first kappa shape index (κ1) is 34.2. The molecule has 0 spiro atoms. The Bertz CT molecular complexity index is 2920. The predicted molar refractivity (Wildman–Crippen MR) is 231 cm³/mol. The zero-order valence-corrected chi connectivity index (χ0v) is 33.3. The fraction of sp³-hybridized carbons (Fsp3) is 0.255. The van der Waals surface area contributed by atoms with Crippen molar-refractivity contribution in [1.82, 2.24) is 14.4 Å². The number of aromatic nitrogens is 3. The van der Waals surface area contributed by atoms with Crippen molar-refractivity contribution in [2.24, 2.45) is 0 Å². The molecule has 9 aromatic rings. The highest BCUT2D eigenvalue weighted by Crippen LogP contribution is 2.44. The molecular formula is C51H49N3. The molecule has 0 bridgehead atoms. The molecule has 0 N–H and O–H groups in total. The molecule has 0 saturated heterocycles. The van der Waals surface area contributed by atoms with Crippen molar-refractivity contribution in [3.05, 3.63) is 138 Å². The number of hydrogen-bond donors (Lipinski definition) is 0. The fourth-order valence-corrected chi connectivity index (χ4v) is 8.21. The largest absolute Gasteiger partial charge is 0.300 e. The Balaban J connectivity index is 1.38. The summed E-state index contributed by atoms with van der Waals surface area (Å²) in [5.41, 5.74) is 13.6. The van der Waals surface area contributed by atoms with E-state index in [0.717, 1.165) is 28.3 Å². The molecule has 3 nitrogen and oxygen atoms in total. The van der Waals surface area contributed by atoms with E-state index in [4.69, 9.17) is 9.97 Å². The van der Waals surface area contributed by atoms with Gasteiger partial charge in [0.1, 0.15) is 5.65 Å². The Labute approximate surface area is 319 Å². The number of aryl methyl sites for hydroxylation is 1. The molecule has 0 amide bonds. The smallest absolute Gasteiger partial charge is 0.146 e. The highest BCUT2D eigenvalue weighted by molar-refractivity contribution is 6.28. The van der Waals surface area contributed by atoms with Gasteiger partial charge in [-0.1, -0.05) is 129 Å². The molecule has 0 fully saturated rings. The number of fused-ring (bicyclic) bond motifs is 4. The Morgan fingerprint density at radius 2 is 1.06 bits per heavy atom. The maximum absolute atomic E-state index is 5.60. The average Bonchev–Trinajstić information content (AvgIpc) is 3.48. The van der Waals surface area contributed by atoms with Gasteiger partial charge in [-0.25, -0.2) is 9.97 Å². The maximum atomic E-state index is 5.60. The van der Waals surface area contributed by atoms with Gasteiger partial charge in [0, 0.05) is 27.9 Å². The van der Waals surface area contributed by atoms with Crippen molar-refractivity contribution in [2.45, 2.75) is 85.5 Å². The molecule has 0 saturated carbocycles. The second-order valence-corrected chi connectivity index (χ2v) is 18.5. The van der Waals surface area contributed by atoms with E-state index in [-0.39, 0.29) is 16.2 Å². The highest BCUT2D eigenvalue weighted by atomic mass is 15.0. The molecular weight excluding hydrogens is 655 g/mol. The van der Waals surface area contributed by atoms with E-state index in [1.54, 1.807) is 0 Å². The minimum atomic E-state index is -0.0920. The van der Waals surface area contributed by atoms with Gasteiger partial charge in [0.05, 0.1) is 22.6 Å². The Kier molecular flexibility index (Phi) is 7.44. The van der Waals surface area contributed by atoms with E-state index in [1.165, 1.54) is 76.6 Å². The highest BCUT2D eigenvalue weighted by Gasteiger charge is 2.25. The van der Waals surface area contributed by atoms with E-state index in [9.17, 15) is 0 Å². The normalized spacial score (nSPS) is 13.0. The lowest BCUT2D eigenvalue weighted by Crippen LogP contribution is -2.12. The third-order valence-corrected chi connectivity index (χ3v) is 11.5. The number of benzene rings is 5. The summed E-state index contributed by atoms with van der Waals surface area (Å²) in [6.45, 7) is 22.9. The molecule has 4 aromatic heterocycles. The van der Waals surface area contributed by atoms with Gasteiger partial charge < -0.3 is 0 Å². The molecule has 0 radical (unpaired) electrons. The summed E-state index contributed by atoms with van der Waals surface area (Å²) in [6.07, 6.45) is 2.29. The second kappa shape index (κ2) is 11.7. The van der Waals surface area contributed by atoms with Gasteiger partial charge in [0.15, 0.2) is 0 Å². The topological polar surface area (TPSA) is 30.2 Å². The quantitative estimate of drug-likeness (QED) is 0.135. The van der Waals surface area contributed by atoms with Crippen LogP contribution in [0.2, 0.25) is 0 Å². The van der Waals surface area contributed by atoms with Crippen LogP contribution in [0, 0.1) is 6.92 Å². The van der Waals surface area contributed by atoms with Crippen LogP contribution in [0.4, 0.5) is 0 Å². The van der Waals surface area contributed by atoms with Gasteiger partial charge in [0.25, 0.3) is 0 Å². The first-order valence-electron chi connectivity index (χ1n) is 19.3. The van der Waals surface area contributed by atoms with E-state index in [0.29, 0.717) is 0 Å². The average molecular weight is 704 g/mol. The third kappa shape index (κ3) is 5.56. The Morgan fingerprint density at radius 3 is 1.78 bits per heavy atom. The molecule has 0 atom stereocenters. The molecule has 0 unspecified atom stereocenters. The molecule has 0 aliphatic carbocycles. The first-order valence-corrected chi connectivity index (χ1v) is 19.3. The van der Waals surface area contributed by atoms with E-state index in [2.05, 4.69) is 189 Å². The van der Waals surface area contributed by atoms with Gasteiger partial charge in [-0.3, -0.25) is 4.40 Å². The molecule has 0 aliphatic heterocycles. The Morgan fingerprint density at radius 1 is 0.444 bits per heavy atom. The molecule has 54 heavy (non-hydrogen) atoms. The van der Waals surface area contributed by atoms with Crippen molar-refractivity contribution < 1.29 is 0 Å². The summed E-state index contributed by atoms with van der Waals surface area (Å²) in [4.78, 5) is 11.0. The zero-order valence-electron chi connectivity index (χ0n) is 33.3.